The number of carbonyl (C=O) groups is 1. The second-order valence-corrected chi connectivity index (χ2v) is 5.48. The molecule has 1 heterocycles. The number of alkyl halides is 2. The van der Waals surface area contributed by atoms with E-state index in [9.17, 15) is 13.6 Å². The lowest BCUT2D eigenvalue weighted by molar-refractivity contribution is 0.0675. The number of rotatable bonds is 6. The van der Waals surface area contributed by atoms with Crippen molar-refractivity contribution < 1.29 is 18.7 Å². The highest BCUT2D eigenvalue weighted by molar-refractivity contribution is 7.99. The van der Waals surface area contributed by atoms with Gasteiger partial charge in [-0.05, 0) is 19.1 Å². The van der Waals surface area contributed by atoms with E-state index in [-0.39, 0.29) is 6.54 Å². The smallest absolute Gasteiger partial charge is 0.358 e. The Kier molecular flexibility index (Phi) is 4.89. The van der Waals surface area contributed by atoms with Gasteiger partial charge in [0.1, 0.15) is 5.69 Å². The van der Waals surface area contributed by atoms with Gasteiger partial charge in [-0.3, -0.25) is 0 Å². The van der Waals surface area contributed by atoms with Crippen LogP contribution in [0.5, 0.6) is 0 Å². The molecule has 0 aliphatic carbocycles. The average molecular weight is 313 g/mol. The maximum Gasteiger partial charge on any atom is 0.358 e. The second-order valence-electron chi connectivity index (χ2n) is 4.31. The molecule has 0 aliphatic rings. The number of aromatic carboxylic acids is 1. The molecule has 8 heteroatoms. The molecule has 0 spiro atoms. The number of thioether (sulfide) groups is 1. The van der Waals surface area contributed by atoms with Gasteiger partial charge in [0.15, 0.2) is 5.69 Å². The van der Waals surface area contributed by atoms with Crippen LogP contribution >= 0.6 is 11.8 Å². The van der Waals surface area contributed by atoms with Crippen LogP contribution in [0.3, 0.4) is 0 Å². The summed E-state index contributed by atoms with van der Waals surface area (Å²) in [7, 11) is 0. The molecule has 1 aromatic carbocycles. The summed E-state index contributed by atoms with van der Waals surface area (Å²) in [4.78, 5) is 11.8. The molecule has 0 aliphatic heterocycles. The molecule has 21 heavy (non-hydrogen) atoms. The molecule has 0 saturated carbocycles. The fourth-order valence-electron chi connectivity index (χ4n) is 1.74. The number of aromatic nitrogens is 3. The van der Waals surface area contributed by atoms with Crippen LogP contribution in [0.15, 0.2) is 29.2 Å². The fourth-order valence-corrected chi connectivity index (χ4v) is 2.57. The highest BCUT2D eigenvalue weighted by Gasteiger charge is 2.25. The van der Waals surface area contributed by atoms with Crippen LogP contribution in [0.1, 0.15) is 28.2 Å². The monoisotopic (exact) mass is 313 g/mol. The molecular formula is C13H13F2N3O2S. The first-order valence-corrected chi connectivity index (χ1v) is 7.12. The minimum Gasteiger partial charge on any atom is -0.476 e. The van der Waals surface area contributed by atoms with Gasteiger partial charge in [-0.15, -0.1) is 16.9 Å². The number of carboxylic acids is 1. The van der Waals surface area contributed by atoms with E-state index in [1.54, 1.807) is 0 Å². The molecule has 1 aromatic heterocycles. The zero-order chi connectivity index (χ0) is 15.4. The van der Waals surface area contributed by atoms with E-state index >= 15 is 0 Å². The number of carboxylic acid groups (broad SMARTS) is 1. The number of benzene rings is 1. The Morgan fingerprint density at radius 2 is 2.05 bits per heavy atom. The standard InChI is InChI=1S/C13H13F2N3O2S/c1-8-2-4-9(5-3-8)21-7-6-18-11(12(14)15)10(13(19)20)16-17-18/h2-5,12H,6-7H2,1H3,(H,19,20). The van der Waals surface area contributed by atoms with Crippen LogP contribution in [-0.4, -0.2) is 31.8 Å². The molecule has 2 rings (SSSR count). The van der Waals surface area contributed by atoms with Gasteiger partial charge in [0.05, 0.1) is 6.54 Å². The average Bonchev–Trinajstić information content (AvgIpc) is 2.85. The van der Waals surface area contributed by atoms with Crippen molar-refractivity contribution in [1.29, 1.82) is 0 Å². The molecule has 0 amide bonds. The van der Waals surface area contributed by atoms with E-state index in [2.05, 4.69) is 10.3 Å². The molecule has 0 fully saturated rings. The van der Waals surface area contributed by atoms with Crippen LogP contribution in [-0.2, 0) is 6.54 Å². The third-order valence-corrected chi connectivity index (χ3v) is 3.77. The molecule has 1 N–H and O–H groups in total. The van der Waals surface area contributed by atoms with Crippen molar-refractivity contribution in [3.05, 3.63) is 41.2 Å². The Morgan fingerprint density at radius 1 is 1.38 bits per heavy atom. The minimum atomic E-state index is -2.92. The largest absolute Gasteiger partial charge is 0.476 e. The Bertz CT molecular complexity index is 629. The van der Waals surface area contributed by atoms with Gasteiger partial charge in [0.2, 0.25) is 0 Å². The Labute approximate surface area is 124 Å². The SMILES string of the molecule is Cc1ccc(SCCn2nnc(C(=O)O)c2C(F)F)cc1. The van der Waals surface area contributed by atoms with Crippen molar-refractivity contribution in [1.82, 2.24) is 15.0 Å². The third-order valence-electron chi connectivity index (χ3n) is 2.78. The number of halogens is 2. The first-order valence-electron chi connectivity index (χ1n) is 6.13. The second kappa shape index (κ2) is 6.66. The Morgan fingerprint density at radius 3 is 2.62 bits per heavy atom. The van der Waals surface area contributed by atoms with E-state index < -0.39 is 23.8 Å². The molecule has 2 aromatic rings. The van der Waals surface area contributed by atoms with Gasteiger partial charge in [-0.1, -0.05) is 22.9 Å². The molecule has 0 atom stereocenters. The molecule has 0 unspecified atom stereocenters. The van der Waals surface area contributed by atoms with E-state index in [1.807, 2.05) is 31.2 Å². The molecule has 112 valence electrons. The van der Waals surface area contributed by atoms with Gasteiger partial charge in [0.25, 0.3) is 6.43 Å². The normalized spacial score (nSPS) is 11.0. The van der Waals surface area contributed by atoms with E-state index in [4.69, 9.17) is 5.11 Å². The summed E-state index contributed by atoms with van der Waals surface area (Å²) in [6.45, 7) is 2.14. The van der Waals surface area contributed by atoms with Gasteiger partial charge in [-0.25, -0.2) is 18.3 Å². The van der Waals surface area contributed by atoms with Crippen LogP contribution in [0.4, 0.5) is 8.78 Å². The van der Waals surface area contributed by atoms with E-state index in [1.165, 1.54) is 11.8 Å². The summed E-state index contributed by atoms with van der Waals surface area (Å²) in [5.74, 6) is -1.01. The van der Waals surface area contributed by atoms with Crippen LogP contribution in [0, 0.1) is 6.92 Å². The van der Waals surface area contributed by atoms with Crippen LogP contribution < -0.4 is 0 Å². The molecular weight excluding hydrogens is 300 g/mol. The lowest BCUT2D eigenvalue weighted by Crippen LogP contribution is -2.10. The minimum absolute atomic E-state index is 0.165. The molecule has 0 saturated heterocycles. The van der Waals surface area contributed by atoms with Crippen molar-refractivity contribution in [2.45, 2.75) is 24.8 Å². The van der Waals surface area contributed by atoms with Gasteiger partial charge in [-0.2, -0.15) is 0 Å². The lowest BCUT2D eigenvalue weighted by Gasteiger charge is -2.06. The van der Waals surface area contributed by atoms with Crippen molar-refractivity contribution in [2.24, 2.45) is 0 Å². The Balaban J connectivity index is 2.03. The summed E-state index contributed by atoms with van der Waals surface area (Å²) < 4.78 is 26.8. The maximum absolute atomic E-state index is 12.9. The van der Waals surface area contributed by atoms with Crippen molar-refractivity contribution in [3.8, 4) is 0 Å². The highest BCUT2D eigenvalue weighted by atomic mass is 32.2. The summed E-state index contributed by atoms with van der Waals surface area (Å²) >= 11 is 1.48. The van der Waals surface area contributed by atoms with Crippen molar-refractivity contribution in [2.75, 3.05) is 5.75 Å². The van der Waals surface area contributed by atoms with E-state index in [0.717, 1.165) is 15.1 Å². The Hall–Kier alpha value is -1.96. The predicted octanol–water partition coefficient (Wildman–Crippen LogP) is 3.01. The number of nitrogens with zero attached hydrogens (tertiary/aromatic N) is 3. The third kappa shape index (κ3) is 3.78. The summed E-state index contributed by atoms with van der Waals surface area (Å²) in [5.41, 5.74) is -0.195. The van der Waals surface area contributed by atoms with Crippen molar-refractivity contribution >= 4 is 17.7 Å². The predicted molar refractivity (Wildman–Crippen MR) is 73.8 cm³/mol. The molecule has 5 nitrogen and oxygen atoms in total. The topological polar surface area (TPSA) is 68.0 Å². The van der Waals surface area contributed by atoms with Crippen molar-refractivity contribution in [3.63, 3.8) is 0 Å². The fraction of sp³-hybridized carbons (Fsp3) is 0.308. The lowest BCUT2D eigenvalue weighted by atomic mass is 10.2. The number of hydrogen-bond acceptors (Lipinski definition) is 4. The highest BCUT2D eigenvalue weighted by Crippen LogP contribution is 2.23. The zero-order valence-corrected chi connectivity index (χ0v) is 12.0. The van der Waals surface area contributed by atoms with Gasteiger partial charge >= 0.3 is 5.97 Å². The zero-order valence-electron chi connectivity index (χ0n) is 11.2. The van der Waals surface area contributed by atoms with Crippen LogP contribution in [0.25, 0.3) is 0 Å². The maximum atomic E-state index is 12.9. The summed E-state index contributed by atoms with van der Waals surface area (Å²) in [6.07, 6.45) is -2.92. The number of aryl methyl sites for hydroxylation is 2. The summed E-state index contributed by atoms with van der Waals surface area (Å²) in [6, 6.07) is 7.81. The molecule has 0 bridgehead atoms. The first kappa shape index (κ1) is 15.4. The first-order chi connectivity index (χ1) is 9.99. The number of hydrogen-bond donors (Lipinski definition) is 1. The molecule has 0 radical (unpaired) electrons. The van der Waals surface area contributed by atoms with Crippen LogP contribution in [0.2, 0.25) is 0 Å². The quantitative estimate of drug-likeness (QED) is 0.830. The van der Waals surface area contributed by atoms with E-state index in [0.29, 0.717) is 5.75 Å². The summed E-state index contributed by atoms with van der Waals surface area (Å²) in [5, 5.41) is 15.6. The van der Waals surface area contributed by atoms with Gasteiger partial charge in [0, 0.05) is 10.6 Å². The van der Waals surface area contributed by atoms with Gasteiger partial charge < -0.3 is 5.11 Å².